The van der Waals surface area contributed by atoms with Crippen molar-refractivity contribution in [3.05, 3.63) is 53.3 Å². The molecular formula is C24H29ClN2O. The van der Waals surface area contributed by atoms with E-state index >= 15 is 0 Å². The minimum absolute atomic E-state index is 0.0906. The number of nitrogens with zero attached hydrogens (tertiary/aromatic N) is 2. The van der Waals surface area contributed by atoms with Crippen molar-refractivity contribution in [1.29, 1.82) is 0 Å². The number of allylic oxidation sites excluding steroid dienone is 4. The molecule has 0 saturated carbocycles. The molecule has 2 aromatic rings. The number of methoxy groups -OCH3 is 1. The second-order valence-corrected chi connectivity index (χ2v) is 8.87. The van der Waals surface area contributed by atoms with E-state index in [0.717, 1.165) is 43.1 Å². The lowest BCUT2D eigenvalue weighted by molar-refractivity contribution is 0.415. The van der Waals surface area contributed by atoms with E-state index in [2.05, 4.69) is 49.2 Å². The Morgan fingerprint density at radius 2 is 2.04 bits per heavy atom. The molecular weight excluding hydrogens is 368 g/mol. The number of alkyl halides is 1. The fourth-order valence-electron chi connectivity index (χ4n) is 4.41. The van der Waals surface area contributed by atoms with Gasteiger partial charge in [-0.05, 0) is 61.4 Å². The first-order chi connectivity index (χ1) is 13.5. The quantitative estimate of drug-likeness (QED) is 0.601. The van der Waals surface area contributed by atoms with Gasteiger partial charge in [-0.25, -0.2) is 0 Å². The van der Waals surface area contributed by atoms with Crippen LogP contribution in [0.25, 0.3) is 10.9 Å². The predicted octanol–water partition coefficient (Wildman–Crippen LogP) is 5.91. The zero-order valence-corrected chi connectivity index (χ0v) is 17.8. The smallest absolute Gasteiger partial charge is 0.119 e. The van der Waals surface area contributed by atoms with Gasteiger partial charge in [0.2, 0.25) is 0 Å². The lowest BCUT2D eigenvalue weighted by atomic mass is 9.93. The highest BCUT2D eigenvalue weighted by Crippen LogP contribution is 2.36. The number of aromatic nitrogens is 1. The predicted molar refractivity (Wildman–Crippen MR) is 119 cm³/mol. The molecule has 1 fully saturated rings. The Morgan fingerprint density at radius 1 is 1.25 bits per heavy atom. The number of halogens is 1. The Morgan fingerprint density at radius 3 is 2.75 bits per heavy atom. The Bertz CT molecular complexity index is 926. The summed E-state index contributed by atoms with van der Waals surface area (Å²) in [6.45, 7) is 6.71. The van der Waals surface area contributed by atoms with E-state index in [1.54, 1.807) is 7.11 Å². The Kier molecular flexibility index (Phi) is 5.63. The molecule has 1 aliphatic carbocycles. The summed E-state index contributed by atoms with van der Waals surface area (Å²) in [6.07, 6.45) is 10.8. The van der Waals surface area contributed by atoms with Crippen LogP contribution >= 0.6 is 11.6 Å². The molecule has 1 aromatic heterocycles. The second kappa shape index (κ2) is 8.16. The maximum absolute atomic E-state index is 6.45. The molecule has 4 heteroatoms. The summed E-state index contributed by atoms with van der Waals surface area (Å²) in [6, 6.07) is 6.19. The SMILES string of the molecule is COc1ccc2ncc(CC3=CC(Cl)CC(C)=C3)c(N3CCC(C)CC3)c2c1. The minimum atomic E-state index is 0.0906. The molecule has 28 heavy (non-hydrogen) atoms. The van der Waals surface area contributed by atoms with Crippen LogP contribution in [0.1, 0.15) is 38.7 Å². The van der Waals surface area contributed by atoms with Gasteiger partial charge >= 0.3 is 0 Å². The molecule has 0 radical (unpaired) electrons. The molecule has 1 atom stereocenters. The molecule has 148 valence electrons. The first-order valence-electron chi connectivity index (χ1n) is 10.3. The van der Waals surface area contributed by atoms with E-state index in [1.807, 2.05) is 6.07 Å². The number of ether oxygens (including phenoxy) is 1. The molecule has 4 rings (SSSR count). The normalized spacial score (nSPS) is 20.9. The summed E-state index contributed by atoms with van der Waals surface area (Å²) < 4.78 is 5.52. The summed E-state index contributed by atoms with van der Waals surface area (Å²) in [4.78, 5) is 7.32. The van der Waals surface area contributed by atoms with E-state index in [4.69, 9.17) is 21.3 Å². The van der Waals surface area contributed by atoms with Crippen LogP contribution in [0.2, 0.25) is 0 Å². The van der Waals surface area contributed by atoms with Crippen molar-refractivity contribution >= 4 is 28.2 Å². The first-order valence-corrected chi connectivity index (χ1v) is 10.7. The van der Waals surface area contributed by atoms with Gasteiger partial charge in [-0.2, -0.15) is 0 Å². The summed E-state index contributed by atoms with van der Waals surface area (Å²) in [7, 11) is 1.72. The summed E-state index contributed by atoms with van der Waals surface area (Å²) in [5.74, 6) is 1.68. The average Bonchev–Trinajstić information content (AvgIpc) is 2.67. The van der Waals surface area contributed by atoms with Gasteiger partial charge in [0.15, 0.2) is 0 Å². The molecule has 2 aliphatic rings. The summed E-state index contributed by atoms with van der Waals surface area (Å²) in [5, 5.41) is 1.28. The van der Waals surface area contributed by atoms with E-state index in [0.29, 0.717) is 0 Å². The summed E-state index contributed by atoms with van der Waals surface area (Å²) >= 11 is 6.45. The number of benzene rings is 1. The highest BCUT2D eigenvalue weighted by molar-refractivity contribution is 6.22. The van der Waals surface area contributed by atoms with Gasteiger partial charge in [0, 0.05) is 31.1 Å². The molecule has 0 N–H and O–H groups in total. The molecule has 2 heterocycles. The lowest BCUT2D eigenvalue weighted by Gasteiger charge is -2.34. The topological polar surface area (TPSA) is 25.4 Å². The third-order valence-electron chi connectivity index (χ3n) is 5.96. The number of hydrogen-bond acceptors (Lipinski definition) is 3. The van der Waals surface area contributed by atoms with Crippen molar-refractivity contribution in [3.63, 3.8) is 0 Å². The van der Waals surface area contributed by atoms with Gasteiger partial charge in [-0.1, -0.05) is 24.6 Å². The van der Waals surface area contributed by atoms with Crippen LogP contribution in [0.4, 0.5) is 5.69 Å². The minimum Gasteiger partial charge on any atom is -0.497 e. The molecule has 3 nitrogen and oxygen atoms in total. The van der Waals surface area contributed by atoms with Crippen molar-refractivity contribution in [2.24, 2.45) is 5.92 Å². The fraction of sp³-hybridized carbons (Fsp3) is 0.458. The van der Waals surface area contributed by atoms with Crippen LogP contribution in [-0.2, 0) is 6.42 Å². The Labute approximate surface area is 173 Å². The number of pyridine rings is 1. The molecule has 1 unspecified atom stereocenters. The van der Waals surface area contributed by atoms with Gasteiger partial charge in [0.05, 0.1) is 23.7 Å². The molecule has 1 aromatic carbocycles. The van der Waals surface area contributed by atoms with E-state index in [9.17, 15) is 0 Å². The Balaban J connectivity index is 1.79. The number of hydrogen-bond donors (Lipinski definition) is 0. The number of fused-ring (bicyclic) bond motifs is 1. The third kappa shape index (κ3) is 4.05. The zero-order chi connectivity index (χ0) is 19.7. The lowest BCUT2D eigenvalue weighted by Crippen LogP contribution is -2.33. The fourth-order valence-corrected chi connectivity index (χ4v) is 4.82. The molecule has 0 amide bonds. The van der Waals surface area contributed by atoms with Crippen molar-refractivity contribution in [1.82, 2.24) is 4.98 Å². The molecule has 1 aliphatic heterocycles. The maximum atomic E-state index is 6.45. The average molecular weight is 397 g/mol. The first kappa shape index (κ1) is 19.3. The Hall–Kier alpha value is -2.00. The largest absolute Gasteiger partial charge is 0.497 e. The van der Waals surface area contributed by atoms with Crippen LogP contribution in [0.3, 0.4) is 0 Å². The second-order valence-electron chi connectivity index (χ2n) is 8.31. The number of piperidine rings is 1. The molecule has 1 saturated heterocycles. The number of anilines is 1. The maximum Gasteiger partial charge on any atom is 0.119 e. The van der Waals surface area contributed by atoms with E-state index in [-0.39, 0.29) is 5.38 Å². The molecule has 0 spiro atoms. The van der Waals surface area contributed by atoms with Crippen LogP contribution in [0.15, 0.2) is 47.7 Å². The van der Waals surface area contributed by atoms with Crippen molar-refractivity contribution in [3.8, 4) is 5.75 Å². The van der Waals surface area contributed by atoms with Gasteiger partial charge in [0.25, 0.3) is 0 Å². The van der Waals surface area contributed by atoms with Crippen LogP contribution in [0.5, 0.6) is 5.75 Å². The van der Waals surface area contributed by atoms with Crippen LogP contribution in [0, 0.1) is 5.92 Å². The van der Waals surface area contributed by atoms with Gasteiger partial charge < -0.3 is 9.64 Å². The van der Waals surface area contributed by atoms with Gasteiger partial charge in [-0.3, -0.25) is 4.98 Å². The standard InChI is InChI=1S/C24H29ClN2O/c1-16-6-8-27(9-7-16)24-19(12-18-10-17(2)11-20(25)13-18)15-26-23-5-4-21(28-3)14-22(23)24/h4-5,10,13-16,20H,6-9,11-12H2,1-3H3. The highest BCUT2D eigenvalue weighted by atomic mass is 35.5. The third-order valence-corrected chi connectivity index (χ3v) is 6.24. The number of rotatable bonds is 4. The summed E-state index contributed by atoms with van der Waals surface area (Å²) in [5.41, 5.74) is 6.26. The van der Waals surface area contributed by atoms with E-state index in [1.165, 1.54) is 40.6 Å². The highest BCUT2D eigenvalue weighted by Gasteiger charge is 2.22. The van der Waals surface area contributed by atoms with Crippen LogP contribution in [-0.4, -0.2) is 30.6 Å². The van der Waals surface area contributed by atoms with E-state index < -0.39 is 0 Å². The van der Waals surface area contributed by atoms with Crippen molar-refractivity contribution < 1.29 is 4.74 Å². The van der Waals surface area contributed by atoms with Gasteiger partial charge in [0.1, 0.15) is 5.75 Å². The monoisotopic (exact) mass is 396 g/mol. The van der Waals surface area contributed by atoms with Crippen LogP contribution < -0.4 is 9.64 Å². The van der Waals surface area contributed by atoms with Crippen molar-refractivity contribution in [2.75, 3.05) is 25.1 Å². The zero-order valence-electron chi connectivity index (χ0n) is 17.0. The van der Waals surface area contributed by atoms with Gasteiger partial charge in [-0.15, -0.1) is 11.6 Å². The van der Waals surface area contributed by atoms with Crippen molar-refractivity contribution in [2.45, 2.75) is 44.9 Å². The molecule has 0 bridgehead atoms.